The molecular weight excluding hydrogens is 302 g/mol. The Morgan fingerprint density at radius 3 is 2.29 bits per heavy atom. The number of aromatic nitrogens is 3. The summed E-state index contributed by atoms with van der Waals surface area (Å²) in [4.78, 5) is 11.6. The van der Waals surface area contributed by atoms with Crippen molar-refractivity contribution < 1.29 is 4.52 Å². The van der Waals surface area contributed by atoms with Gasteiger partial charge in [0.1, 0.15) is 11.6 Å². The molecule has 0 bridgehead atoms. The van der Waals surface area contributed by atoms with Gasteiger partial charge in [0.15, 0.2) is 5.82 Å². The van der Waals surface area contributed by atoms with E-state index in [1.54, 1.807) is 0 Å². The number of hydrogen-bond acceptors (Lipinski definition) is 6. The lowest BCUT2D eigenvalue weighted by molar-refractivity contribution is 0.182. The Morgan fingerprint density at radius 1 is 1.08 bits per heavy atom. The van der Waals surface area contributed by atoms with E-state index in [4.69, 9.17) is 4.52 Å². The van der Waals surface area contributed by atoms with Crippen LogP contribution in [0.3, 0.4) is 0 Å². The van der Waals surface area contributed by atoms with Crippen molar-refractivity contribution in [1.82, 2.24) is 20.0 Å². The van der Waals surface area contributed by atoms with Gasteiger partial charge in [-0.15, -0.1) is 0 Å². The van der Waals surface area contributed by atoms with Gasteiger partial charge in [-0.05, 0) is 48.5 Å². The Labute approximate surface area is 144 Å². The minimum atomic E-state index is 0.525. The Hall–Kier alpha value is -1.95. The molecule has 0 spiro atoms. The Balaban J connectivity index is 2.12. The third-order valence-corrected chi connectivity index (χ3v) is 4.11. The molecule has 2 aromatic heterocycles. The fraction of sp³-hybridized carbons (Fsp3) is 0.611. The molecule has 24 heavy (non-hydrogen) atoms. The maximum atomic E-state index is 5.24. The fourth-order valence-electron chi connectivity index (χ4n) is 3.00. The molecule has 1 N–H and O–H groups in total. The van der Waals surface area contributed by atoms with Gasteiger partial charge in [0.05, 0.1) is 11.3 Å². The lowest BCUT2D eigenvalue weighted by atomic mass is 10.2. The normalized spacial score (nSPS) is 11.8. The first-order valence-corrected chi connectivity index (χ1v) is 8.58. The first-order valence-electron chi connectivity index (χ1n) is 8.58. The summed E-state index contributed by atoms with van der Waals surface area (Å²) in [6, 6.07) is 3.02. The van der Waals surface area contributed by atoms with Gasteiger partial charge in [-0.3, -0.25) is 4.90 Å². The minimum Gasteiger partial charge on any atom is -0.369 e. The number of anilines is 1. The molecule has 0 amide bonds. The maximum Gasteiger partial charge on any atom is 0.167 e. The van der Waals surface area contributed by atoms with Crippen LogP contribution in [0.25, 0.3) is 11.4 Å². The molecule has 0 aromatic carbocycles. The Kier molecular flexibility index (Phi) is 5.94. The number of nitrogens with zero attached hydrogens (tertiary/aromatic N) is 4. The predicted molar refractivity (Wildman–Crippen MR) is 97.2 cm³/mol. The van der Waals surface area contributed by atoms with Crippen LogP contribution in [0.2, 0.25) is 0 Å². The average molecular weight is 331 g/mol. The molecule has 0 saturated heterocycles. The van der Waals surface area contributed by atoms with Gasteiger partial charge in [0, 0.05) is 36.9 Å². The summed E-state index contributed by atoms with van der Waals surface area (Å²) < 4.78 is 5.24. The van der Waals surface area contributed by atoms with Gasteiger partial charge in [0.25, 0.3) is 0 Å². The average Bonchev–Trinajstić information content (AvgIpc) is 2.81. The highest BCUT2D eigenvalue weighted by molar-refractivity contribution is 5.61. The number of aryl methyl sites for hydroxylation is 3. The smallest absolute Gasteiger partial charge is 0.167 e. The van der Waals surface area contributed by atoms with E-state index < -0.39 is 0 Å². The molecule has 6 nitrogen and oxygen atoms in total. The summed E-state index contributed by atoms with van der Waals surface area (Å²) in [5, 5.41) is 7.42. The summed E-state index contributed by atoms with van der Waals surface area (Å²) >= 11 is 0. The summed E-state index contributed by atoms with van der Waals surface area (Å²) in [6.07, 6.45) is 0. The molecule has 0 atom stereocenters. The van der Waals surface area contributed by atoms with E-state index in [9.17, 15) is 0 Å². The van der Waals surface area contributed by atoms with Gasteiger partial charge < -0.3 is 9.84 Å². The molecule has 6 heteroatoms. The molecule has 2 rings (SSSR count). The second-order valence-corrected chi connectivity index (χ2v) is 6.77. The van der Waals surface area contributed by atoms with Gasteiger partial charge in [0.2, 0.25) is 0 Å². The highest BCUT2D eigenvalue weighted by atomic mass is 16.5. The van der Waals surface area contributed by atoms with E-state index in [0.29, 0.717) is 17.9 Å². The fourth-order valence-corrected chi connectivity index (χ4v) is 3.00. The van der Waals surface area contributed by atoms with Gasteiger partial charge in [-0.2, -0.15) is 0 Å². The number of rotatable bonds is 7. The predicted octanol–water partition coefficient (Wildman–Crippen LogP) is 3.59. The van der Waals surface area contributed by atoms with E-state index in [1.807, 2.05) is 26.8 Å². The van der Waals surface area contributed by atoms with Crippen LogP contribution >= 0.6 is 0 Å². The van der Waals surface area contributed by atoms with E-state index >= 15 is 0 Å². The monoisotopic (exact) mass is 331 g/mol. The second kappa shape index (κ2) is 7.75. The minimum absolute atomic E-state index is 0.525. The molecule has 0 aliphatic rings. The zero-order valence-corrected chi connectivity index (χ0v) is 15.8. The van der Waals surface area contributed by atoms with Gasteiger partial charge in [-0.25, -0.2) is 9.97 Å². The van der Waals surface area contributed by atoms with Crippen molar-refractivity contribution >= 4 is 5.82 Å². The van der Waals surface area contributed by atoms with E-state index in [0.717, 1.165) is 41.6 Å². The summed E-state index contributed by atoms with van der Waals surface area (Å²) in [6.45, 7) is 16.5. The van der Waals surface area contributed by atoms with Crippen LogP contribution < -0.4 is 5.32 Å². The van der Waals surface area contributed by atoms with Crippen LogP contribution in [0.5, 0.6) is 0 Å². The van der Waals surface area contributed by atoms with Crippen molar-refractivity contribution in [3.05, 3.63) is 23.2 Å². The zero-order chi connectivity index (χ0) is 17.9. The van der Waals surface area contributed by atoms with E-state index in [1.165, 1.54) is 0 Å². The lowest BCUT2D eigenvalue weighted by Crippen LogP contribution is -2.40. The zero-order valence-electron chi connectivity index (χ0n) is 15.8. The molecule has 0 unspecified atom stereocenters. The molecule has 0 aliphatic heterocycles. The third kappa shape index (κ3) is 4.32. The van der Waals surface area contributed by atoms with Crippen LogP contribution in [-0.4, -0.2) is 45.2 Å². The van der Waals surface area contributed by atoms with Crippen LogP contribution in [0.15, 0.2) is 10.6 Å². The van der Waals surface area contributed by atoms with Crippen LogP contribution in [-0.2, 0) is 0 Å². The van der Waals surface area contributed by atoms with Gasteiger partial charge >= 0.3 is 0 Å². The molecule has 0 saturated carbocycles. The first kappa shape index (κ1) is 18.4. The van der Waals surface area contributed by atoms with Crippen molar-refractivity contribution in [2.24, 2.45) is 0 Å². The molecule has 0 fully saturated rings. The second-order valence-electron chi connectivity index (χ2n) is 6.77. The van der Waals surface area contributed by atoms with Crippen LogP contribution in [0, 0.1) is 20.8 Å². The Bertz CT molecular complexity index is 651. The highest BCUT2D eigenvalue weighted by Gasteiger charge is 2.16. The summed E-state index contributed by atoms with van der Waals surface area (Å²) in [5.41, 5.74) is 2.62. The molecule has 2 aromatic rings. The summed E-state index contributed by atoms with van der Waals surface area (Å²) in [5.74, 6) is 2.25. The third-order valence-electron chi connectivity index (χ3n) is 4.11. The Morgan fingerprint density at radius 2 is 1.75 bits per heavy atom. The quantitative estimate of drug-likeness (QED) is 0.836. The summed E-state index contributed by atoms with van der Waals surface area (Å²) in [7, 11) is 0. The van der Waals surface area contributed by atoms with Crippen molar-refractivity contribution in [2.75, 3.05) is 18.4 Å². The van der Waals surface area contributed by atoms with E-state index in [-0.39, 0.29) is 0 Å². The molecular formula is C18H29N5O. The van der Waals surface area contributed by atoms with Crippen molar-refractivity contribution in [3.63, 3.8) is 0 Å². The highest BCUT2D eigenvalue weighted by Crippen LogP contribution is 2.24. The molecule has 2 heterocycles. The van der Waals surface area contributed by atoms with Crippen molar-refractivity contribution in [3.8, 4) is 11.4 Å². The maximum absolute atomic E-state index is 5.24. The van der Waals surface area contributed by atoms with Crippen molar-refractivity contribution in [1.29, 1.82) is 0 Å². The van der Waals surface area contributed by atoms with Crippen LogP contribution in [0.1, 0.15) is 44.8 Å². The number of nitrogens with one attached hydrogen (secondary N) is 1. The lowest BCUT2D eigenvalue weighted by Gasteiger charge is -2.30. The van der Waals surface area contributed by atoms with Gasteiger partial charge in [-0.1, -0.05) is 5.16 Å². The van der Waals surface area contributed by atoms with Crippen LogP contribution in [0.4, 0.5) is 5.82 Å². The first-order chi connectivity index (χ1) is 11.3. The largest absolute Gasteiger partial charge is 0.369 e. The number of hydrogen-bond donors (Lipinski definition) is 1. The van der Waals surface area contributed by atoms with E-state index in [2.05, 4.69) is 53.0 Å². The van der Waals surface area contributed by atoms with Crippen molar-refractivity contribution in [2.45, 2.75) is 60.5 Å². The molecule has 0 radical (unpaired) electrons. The topological polar surface area (TPSA) is 67.1 Å². The SMILES string of the molecule is Cc1cc(NCCN(C(C)C)C(C)C)nc(-c2c(C)noc2C)n1. The molecule has 0 aliphatic carbocycles. The molecule has 132 valence electrons. The standard InChI is InChI=1S/C18H29N5O/c1-11(2)23(12(3)4)9-8-19-16-10-13(5)20-18(21-16)17-14(6)22-24-15(17)7/h10-12H,8-9H2,1-7H3,(H,19,20,21).